The van der Waals surface area contributed by atoms with Crippen LogP contribution in [0.15, 0.2) is 30.0 Å². The van der Waals surface area contributed by atoms with E-state index in [1.165, 1.54) is 6.42 Å². The number of nitrogens with one attached hydrogen (secondary N) is 2. The van der Waals surface area contributed by atoms with E-state index in [0.29, 0.717) is 0 Å². The molecule has 0 rings (SSSR count). The van der Waals surface area contributed by atoms with Gasteiger partial charge in [-0.15, -0.1) is 0 Å². The molecular formula is C12H23N3. The molecule has 15 heavy (non-hydrogen) atoms. The van der Waals surface area contributed by atoms with E-state index in [9.17, 15) is 0 Å². The van der Waals surface area contributed by atoms with Crippen LogP contribution in [0.4, 0.5) is 0 Å². The number of amidine groups is 1. The summed E-state index contributed by atoms with van der Waals surface area (Å²) >= 11 is 0. The summed E-state index contributed by atoms with van der Waals surface area (Å²) in [6.07, 6.45) is 3.93. The Labute approximate surface area is 93.4 Å². The predicted octanol–water partition coefficient (Wildman–Crippen LogP) is 2.29. The van der Waals surface area contributed by atoms with Crippen molar-refractivity contribution in [2.75, 3.05) is 13.6 Å². The lowest BCUT2D eigenvalue weighted by Crippen LogP contribution is -2.26. The van der Waals surface area contributed by atoms with Crippen LogP contribution in [-0.4, -0.2) is 19.4 Å². The lowest BCUT2D eigenvalue weighted by atomic mass is 10.1. The van der Waals surface area contributed by atoms with Gasteiger partial charge in [0.1, 0.15) is 5.84 Å². The molecular weight excluding hydrogens is 186 g/mol. The average molecular weight is 209 g/mol. The van der Waals surface area contributed by atoms with Gasteiger partial charge in [0.15, 0.2) is 0 Å². The van der Waals surface area contributed by atoms with Crippen LogP contribution in [-0.2, 0) is 0 Å². The second-order valence-corrected chi connectivity index (χ2v) is 3.84. The maximum atomic E-state index is 4.43. The summed E-state index contributed by atoms with van der Waals surface area (Å²) in [5.41, 5.74) is 0.791. The van der Waals surface area contributed by atoms with Crippen molar-refractivity contribution in [1.29, 1.82) is 0 Å². The van der Waals surface area contributed by atoms with Crippen LogP contribution in [0.2, 0.25) is 0 Å². The zero-order valence-electron chi connectivity index (χ0n) is 10.1. The predicted molar refractivity (Wildman–Crippen MR) is 67.9 cm³/mol. The molecule has 0 aromatic heterocycles. The molecule has 0 aliphatic rings. The van der Waals surface area contributed by atoms with Crippen molar-refractivity contribution in [2.45, 2.75) is 26.7 Å². The van der Waals surface area contributed by atoms with E-state index >= 15 is 0 Å². The van der Waals surface area contributed by atoms with Crippen LogP contribution < -0.4 is 10.6 Å². The average Bonchev–Trinajstić information content (AvgIpc) is 2.21. The van der Waals surface area contributed by atoms with Gasteiger partial charge in [0, 0.05) is 13.6 Å². The molecule has 0 amide bonds. The van der Waals surface area contributed by atoms with E-state index in [1.807, 2.05) is 7.05 Å². The summed E-state index contributed by atoms with van der Waals surface area (Å²) in [7, 11) is 1.83. The molecule has 0 aromatic carbocycles. The first-order chi connectivity index (χ1) is 7.11. The van der Waals surface area contributed by atoms with Crippen molar-refractivity contribution < 1.29 is 0 Å². The summed E-state index contributed by atoms with van der Waals surface area (Å²) in [4.78, 5) is 4.43. The Morgan fingerprint density at radius 1 is 1.47 bits per heavy atom. The molecule has 0 unspecified atom stereocenters. The fourth-order valence-corrected chi connectivity index (χ4v) is 1.13. The Hall–Kier alpha value is -1.25. The van der Waals surface area contributed by atoms with Gasteiger partial charge < -0.3 is 10.6 Å². The minimum absolute atomic E-state index is 0.739. The van der Waals surface area contributed by atoms with E-state index in [4.69, 9.17) is 0 Å². The van der Waals surface area contributed by atoms with Crippen LogP contribution in [0.3, 0.4) is 0 Å². The Morgan fingerprint density at radius 2 is 2.13 bits per heavy atom. The first kappa shape index (κ1) is 13.8. The third-order valence-corrected chi connectivity index (χ3v) is 2.04. The molecule has 0 saturated heterocycles. The highest BCUT2D eigenvalue weighted by molar-refractivity contribution is 5.97. The zero-order chi connectivity index (χ0) is 11.7. The first-order valence-electron chi connectivity index (χ1n) is 5.40. The summed E-state index contributed by atoms with van der Waals surface area (Å²) in [6.45, 7) is 12.7. The van der Waals surface area contributed by atoms with Gasteiger partial charge >= 0.3 is 0 Å². The molecule has 0 fully saturated rings. The maximum Gasteiger partial charge on any atom is 0.148 e. The Bertz CT molecular complexity index is 229. The van der Waals surface area contributed by atoms with Crippen molar-refractivity contribution in [1.82, 2.24) is 10.6 Å². The lowest BCUT2D eigenvalue weighted by Gasteiger charge is -2.09. The minimum atomic E-state index is 0.739. The van der Waals surface area contributed by atoms with Crippen molar-refractivity contribution in [3.63, 3.8) is 0 Å². The van der Waals surface area contributed by atoms with Gasteiger partial charge in [0.25, 0.3) is 0 Å². The number of hydrogen-bond acceptors (Lipinski definition) is 2. The fourth-order valence-electron chi connectivity index (χ4n) is 1.13. The van der Waals surface area contributed by atoms with E-state index < -0.39 is 0 Å². The van der Waals surface area contributed by atoms with E-state index in [-0.39, 0.29) is 0 Å². The highest BCUT2D eigenvalue weighted by atomic mass is 15.0. The Kier molecular flexibility index (Phi) is 7.42. The number of nitrogens with zero attached hydrogens (tertiary/aromatic N) is 1. The van der Waals surface area contributed by atoms with Gasteiger partial charge in [-0.25, -0.2) is 0 Å². The highest BCUT2D eigenvalue weighted by Crippen LogP contribution is 2.03. The van der Waals surface area contributed by atoms with Crippen LogP contribution in [0.5, 0.6) is 0 Å². The van der Waals surface area contributed by atoms with E-state index in [1.54, 1.807) is 6.20 Å². The van der Waals surface area contributed by atoms with Crippen molar-refractivity contribution in [3.8, 4) is 0 Å². The third kappa shape index (κ3) is 6.77. The van der Waals surface area contributed by atoms with Crippen LogP contribution in [0.25, 0.3) is 0 Å². The molecule has 2 N–H and O–H groups in total. The Morgan fingerprint density at radius 3 is 2.60 bits per heavy atom. The van der Waals surface area contributed by atoms with Crippen molar-refractivity contribution in [2.24, 2.45) is 10.9 Å². The molecule has 3 heteroatoms. The molecule has 0 bridgehead atoms. The SMILES string of the molecule is C=CNC(=NCCCC(C)C)C(=C)NC. The third-order valence-electron chi connectivity index (χ3n) is 2.04. The number of aliphatic imine (C=N–C) groups is 1. The summed E-state index contributed by atoms with van der Waals surface area (Å²) in [6, 6.07) is 0. The quantitative estimate of drug-likeness (QED) is 0.383. The van der Waals surface area contributed by atoms with Crippen molar-refractivity contribution in [3.05, 3.63) is 25.1 Å². The monoisotopic (exact) mass is 209 g/mol. The van der Waals surface area contributed by atoms with Crippen LogP contribution in [0.1, 0.15) is 26.7 Å². The molecule has 0 spiro atoms. The minimum Gasteiger partial charge on any atom is -0.386 e. The fraction of sp³-hybridized carbons (Fsp3) is 0.583. The first-order valence-corrected chi connectivity index (χ1v) is 5.40. The van der Waals surface area contributed by atoms with Gasteiger partial charge in [0.05, 0.1) is 5.70 Å². The van der Waals surface area contributed by atoms with Gasteiger partial charge in [-0.3, -0.25) is 4.99 Å². The molecule has 0 aliphatic carbocycles. The number of rotatable bonds is 7. The Balaban J connectivity index is 4.05. The zero-order valence-corrected chi connectivity index (χ0v) is 10.1. The second kappa shape index (κ2) is 8.09. The highest BCUT2D eigenvalue weighted by Gasteiger charge is 1.99. The molecule has 0 aliphatic heterocycles. The van der Waals surface area contributed by atoms with E-state index in [0.717, 1.165) is 30.4 Å². The standard InChI is InChI=1S/C12H23N3/c1-6-14-12(11(4)13-5)15-9-7-8-10(2)3/h6,10,13H,1,4,7-9H2,2-3,5H3,(H,14,15). The van der Waals surface area contributed by atoms with Crippen molar-refractivity contribution >= 4 is 5.84 Å². The maximum absolute atomic E-state index is 4.43. The summed E-state index contributed by atoms with van der Waals surface area (Å²) in [5, 5.41) is 5.94. The second-order valence-electron chi connectivity index (χ2n) is 3.84. The molecule has 3 nitrogen and oxygen atoms in total. The summed E-state index contributed by atoms with van der Waals surface area (Å²) in [5.74, 6) is 1.51. The lowest BCUT2D eigenvalue weighted by molar-refractivity contribution is 0.561. The molecule has 0 atom stereocenters. The van der Waals surface area contributed by atoms with Gasteiger partial charge in [0.2, 0.25) is 0 Å². The van der Waals surface area contributed by atoms with Crippen LogP contribution in [0, 0.1) is 5.92 Å². The van der Waals surface area contributed by atoms with Gasteiger partial charge in [-0.05, 0) is 25.0 Å². The van der Waals surface area contributed by atoms with Crippen LogP contribution >= 0.6 is 0 Å². The smallest absolute Gasteiger partial charge is 0.148 e. The molecule has 0 heterocycles. The molecule has 0 saturated carbocycles. The molecule has 0 radical (unpaired) electrons. The number of hydrogen-bond donors (Lipinski definition) is 2. The normalized spacial score (nSPS) is 11.3. The summed E-state index contributed by atoms with van der Waals surface area (Å²) < 4.78 is 0. The van der Waals surface area contributed by atoms with E-state index in [2.05, 4.69) is 42.6 Å². The molecule has 0 aromatic rings. The largest absolute Gasteiger partial charge is 0.386 e. The van der Waals surface area contributed by atoms with Gasteiger partial charge in [-0.1, -0.05) is 27.0 Å². The topological polar surface area (TPSA) is 36.4 Å². The number of likely N-dealkylation sites (N-methyl/N-ethyl adjacent to an activating group) is 1. The van der Waals surface area contributed by atoms with Gasteiger partial charge in [-0.2, -0.15) is 0 Å². The molecule has 86 valence electrons.